The molecule has 1 N–H and O–H groups in total. The fourth-order valence-corrected chi connectivity index (χ4v) is 3.57. The van der Waals surface area contributed by atoms with Gasteiger partial charge in [0, 0.05) is 21.2 Å². The summed E-state index contributed by atoms with van der Waals surface area (Å²) in [6.45, 7) is 2.08. The summed E-state index contributed by atoms with van der Waals surface area (Å²) in [5.74, 6) is -0.883. The van der Waals surface area contributed by atoms with E-state index >= 15 is 0 Å². The zero-order valence-electron chi connectivity index (χ0n) is 10.5. The molecule has 8 heteroatoms. The van der Waals surface area contributed by atoms with Crippen LogP contribution in [0.25, 0.3) is 0 Å². The molecule has 0 heterocycles. The topological polar surface area (TPSA) is 63.2 Å². The molecule has 4 nitrogen and oxygen atoms in total. The van der Waals surface area contributed by atoms with E-state index in [1.165, 1.54) is 0 Å². The Hall–Kier alpha value is -0.660. The van der Waals surface area contributed by atoms with Crippen LogP contribution in [0.15, 0.2) is 21.5 Å². The van der Waals surface area contributed by atoms with E-state index in [0.29, 0.717) is 5.92 Å². The Morgan fingerprint density at radius 3 is 2.55 bits per heavy atom. The minimum Gasteiger partial charge on any atom is -0.349 e. The Morgan fingerprint density at radius 1 is 1.45 bits per heavy atom. The number of carbonyl (C=O) groups excluding carboxylic acids is 1. The molecule has 1 aliphatic rings. The second-order valence-corrected chi connectivity index (χ2v) is 8.34. The Balaban J connectivity index is 2.29. The lowest BCUT2D eigenvalue weighted by Gasteiger charge is -2.33. The van der Waals surface area contributed by atoms with E-state index in [0.717, 1.165) is 25.0 Å². The van der Waals surface area contributed by atoms with E-state index in [2.05, 4.69) is 28.2 Å². The van der Waals surface area contributed by atoms with Crippen molar-refractivity contribution in [1.82, 2.24) is 5.32 Å². The second kappa shape index (κ2) is 5.61. The fraction of sp³-hybridized carbons (Fsp3) is 0.417. The summed E-state index contributed by atoms with van der Waals surface area (Å²) < 4.78 is 36.2. The maximum absolute atomic E-state index is 13.6. The highest BCUT2D eigenvalue weighted by Crippen LogP contribution is 2.29. The van der Waals surface area contributed by atoms with Crippen LogP contribution in [-0.4, -0.2) is 20.4 Å². The zero-order chi connectivity index (χ0) is 15.1. The standard InChI is InChI=1S/C12H12BrClFNO3S/c1-6-2-7(3-6)16-12(17)8-4-11(20(14,18)19)10(15)5-9(8)13/h4-7H,2-3H2,1H3,(H,16,17). The van der Waals surface area contributed by atoms with Gasteiger partial charge in [0.1, 0.15) is 10.7 Å². The van der Waals surface area contributed by atoms with Crippen molar-refractivity contribution in [1.29, 1.82) is 0 Å². The summed E-state index contributed by atoms with van der Waals surface area (Å²) in [7, 11) is 0.903. The first kappa shape index (κ1) is 15.7. The van der Waals surface area contributed by atoms with Gasteiger partial charge in [0.15, 0.2) is 0 Å². The van der Waals surface area contributed by atoms with Crippen LogP contribution in [0.3, 0.4) is 0 Å². The number of benzene rings is 1. The third kappa shape index (κ3) is 3.32. The quantitative estimate of drug-likeness (QED) is 0.815. The van der Waals surface area contributed by atoms with Crippen molar-refractivity contribution in [3.05, 3.63) is 28.0 Å². The molecule has 0 saturated heterocycles. The van der Waals surface area contributed by atoms with E-state index in [9.17, 15) is 17.6 Å². The van der Waals surface area contributed by atoms with Gasteiger partial charge in [0.05, 0.1) is 5.56 Å². The van der Waals surface area contributed by atoms with E-state index < -0.39 is 25.7 Å². The van der Waals surface area contributed by atoms with Gasteiger partial charge in [-0.2, -0.15) is 0 Å². The molecular formula is C12H12BrClFNO3S. The molecular weight excluding hydrogens is 373 g/mol. The fourth-order valence-electron chi connectivity index (χ4n) is 2.17. The molecule has 0 atom stereocenters. The molecule has 0 unspecified atom stereocenters. The lowest BCUT2D eigenvalue weighted by molar-refractivity contribution is 0.0895. The van der Waals surface area contributed by atoms with Gasteiger partial charge in [0.2, 0.25) is 0 Å². The van der Waals surface area contributed by atoms with Gasteiger partial charge in [-0.25, -0.2) is 12.8 Å². The molecule has 1 aromatic rings. The predicted octanol–water partition coefficient (Wildman–Crippen LogP) is 3.04. The monoisotopic (exact) mass is 383 g/mol. The van der Waals surface area contributed by atoms with Gasteiger partial charge in [-0.05, 0) is 46.8 Å². The highest BCUT2D eigenvalue weighted by atomic mass is 79.9. The lowest BCUT2D eigenvalue weighted by atomic mass is 9.82. The van der Waals surface area contributed by atoms with Crippen molar-refractivity contribution >= 4 is 41.6 Å². The van der Waals surface area contributed by atoms with Gasteiger partial charge in [0.25, 0.3) is 15.0 Å². The average Bonchev–Trinajstić information content (AvgIpc) is 2.24. The summed E-state index contributed by atoms with van der Waals surface area (Å²) in [6, 6.07) is 1.94. The van der Waals surface area contributed by atoms with Gasteiger partial charge in [-0.3, -0.25) is 4.79 Å². The molecule has 2 rings (SSSR count). The zero-order valence-corrected chi connectivity index (χ0v) is 13.6. The maximum Gasteiger partial charge on any atom is 0.264 e. The van der Waals surface area contributed by atoms with Crippen LogP contribution >= 0.6 is 26.6 Å². The molecule has 0 aromatic heterocycles. The number of amides is 1. The third-order valence-corrected chi connectivity index (χ3v) is 5.23. The molecule has 1 amide bonds. The molecule has 110 valence electrons. The first-order chi connectivity index (χ1) is 9.18. The van der Waals surface area contributed by atoms with Crippen LogP contribution in [0.5, 0.6) is 0 Å². The minimum absolute atomic E-state index is 0.0465. The van der Waals surface area contributed by atoms with E-state index in [-0.39, 0.29) is 16.1 Å². The Kier molecular flexibility index (Phi) is 4.41. The number of carbonyl (C=O) groups is 1. The summed E-state index contributed by atoms with van der Waals surface area (Å²) in [5.41, 5.74) is 0.0465. The van der Waals surface area contributed by atoms with Crippen molar-refractivity contribution < 1.29 is 17.6 Å². The normalized spacial score (nSPS) is 22.2. The van der Waals surface area contributed by atoms with Crippen molar-refractivity contribution in [3.63, 3.8) is 0 Å². The van der Waals surface area contributed by atoms with Crippen molar-refractivity contribution in [2.45, 2.75) is 30.7 Å². The number of hydrogen-bond donors (Lipinski definition) is 1. The predicted molar refractivity (Wildman–Crippen MR) is 76.8 cm³/mol. The molecule has 1 saturated carbocycles. The highest BCUT2D eigenvalue weighted by Gasteiger charge is 2.28. The Morgan fingerprint density at radius 2 is 2.05 bits per heavy atom. The smallest absolute Gasteiger partial charge is 0.264 e. The largest absolute Gasteiger partial charge is 0.349 e. The Bertz CT molecular complexity index is 659. The van der Waals surface area contributed by atoms with Crippen molar-refractivity contribution in [2.24, 2.45) is 5.92 Å². The van der Waals surface area contributed by atoms with Crippen LogP contribution < -0.4 is 5.32 Å². The van der Waals surface area contributed by atoms with E-state index in [1.54, 1.807) is 0 Å². The average molecular weight is 385 g/mol. The molecule has 1 aromatic carbocycles. The molecule has 0 radical (unpaired) electrons. The van der Waals surface area contributed by atoms with Crippen LogP contribution in [0.1, 0.15) is 30.1 Å². The number of halogens is 3. The molecule has 20 heavy (non-hydrogen) atoms. The van der Waals surface area contributed by atoms with Crippen molar-refractivity contribution in [2.75, 3.05) is 0 Å². The lowest BCUT2D eigenvalue weighted by Crippen LogP contribution is -2.43. The second-order valence-electron chi connectivity index (χ2n) is 4.95. The SMILES string of the molecule is CC1CC(NC(=O)c2cc(S(=O)(=O)Cl)c(F)cc2Br)C1. The highest BCUT2D eigenvalue weighted by molar-refractivity contribution is 9.10. The van der Waals surface area contributed by atoms with Gasteiger partial charge in [-0.1, -0.05) is 6.92 Å². The van der Waals surface area contributed by atoms with Crippen LogP contribution in [-0.2, 0) is 9.05 Å². The maximum atomic E-state index is 13.6. The molecule has 0 aliphatic heterocycles. The first-order valence-electron chi connectivity index (χ1n) is 5.93. The van der Waals surface area contributed by atoms with Crippen molar-refractivity contribution in [3.8, 4) is 0 Å². The summed E-state index contributed by atoms with van der Waals surface area (Å²) in [5, 5.41) is 2.77. The first-order valence-corrected chi connectivity index (χ1v) is 9.03. The van der Waals surface area contributed by atoms with Crippen LogP contribution in [0.4, 0.5) is 4.39 Å². The van der Waals surface area contributed by atoms with E-state index in [1.807, 2.05) is 0 Å². The van der Waals surface area contributed by atoms with E-state index in [4.69, 9.17) is 10.7 Å². The molecule has 1 aliphatic carbocycles. The third-order valence-electron chi connectivity index (χ3n) is 3.24. The summed E-state index contributed by atoms with van der Waals surface area (Å²) in [6.07, 6.45) is 1.76. The summed E-state index contributed by atoms with van der Waals surface area (Å²) >= 11 is 3.05. The van der Waals surface area contributed by atoms with Gasteiger partial charge >= 0.3 is 0 Å². The number of nitrogens with one attached hydrogen (secondary N) is 1. The van der Waals surface area contributed by atoms with Gasteiger partial charge < -0.3 is 5.32 Å². The molecule has 1 fully saturated rings. The van der Waals surface area contributed by atoms with Crippen LogP contribution in [0, 0.1) is 11.7 Å². The Labute approximate surface area is 129 Å². The molecule has 0 bridgehead atoms. The number of hydrogen-bond acceptors (Lipinski definition) is 3. The van der Waals surface area contributed by atoms with Crippen LogP contribution in [0.2, 0.25) is 0 Å². The minimum atomic E-state index is -4.24. The summed E-state index contributed by atoms with van der Waals surface area (Å²) in [4.78, 5) is 11.4. The molecule has 0 spiro atoms. The van der Waals surface area contributed by atoms with Gasteiger partial charge in [-0.15, -0.1) is 0 Å². The number of rotatable bonds is 3.